The third-order valence-electron chi connectivity index (χ3n) is 5.16. The van der Waals surface area contributed by atoms with Crippen molar-refractivity contribution in [2.24, 2.45) is 0 Å². The Morgan fingerprint density at radius 1 is 1.38 bits per heavy atom. The van der Waals surface area contributed by atoms with Gasteiger partial charge in [0.2, 0.25) is 5.91 Å². The number of benzene rings is 2. The SMILES string of the molecule is O=C1CSc2c(cccc2OC[C@]2(O)CCN(c3ccc(Cl)cc3F)C[C@H]2O)N1. The lowest BCUT2D eigenvalue weighted by atomic mass is 9.89. The molecule has 2 aromatic carbocycles. The molecule has 0 radical (unpaired) electrons. The van der Waals surface area contributed by atoms with Crippen LogP contribution in [0.3, 0.4) is 0 Å². The maximum Gasteiger partial charge on any atom is 0.234 e. The first-order valence-corrected chi connectivity index (χ1v) is 10.5. The van der Waals surface area contributed by atoms with Gasteiger partial charge in [0.1, 0.15) is 29.9 Å². The Bertz CT molecular complexity index is 947. The molecule has 4 rings (SSSR count). The van der Waals surface area contributed by atoms with Crippen molar-refractivity contribution in [2.45, 2.75) is 23.0 Å². The predicted molar refractivity (Wildman–Crippen MR) is 110 cm³/mol. The lowest BCUT2D eigenvalue weighted by Gasteiger charge is -2.42. The molecule has 154 valence electrons. The summed E-state index contributed by atoms with van der Waals surface area (Å²) in [6, 6.07) is 9.68. The number of nitrogens with one attached hydrogen (secondary N) is 1. The van der Waals surface area contributed by atoms with E-state index in [4.69, 9.17) is 16.3 Å². The largest absolute Gasteiger partial charge is 0.489 e. The van der Waals surface area contributed by atoms with Crippen LogP contribution in [0.25, 0.3) is 0 Å². The normalized spacial score (nSPS) is 24.1. The van der Waals surface area contributed by atoms with Gasteiger partial charge < -0.3 is 25.2 Å². The molecule has 0 bridgehead atoms. The van der Waals surface area contributed by atoms with E-state index >= 15 is 0 Å². The van der Waals surface area contributed by atoms with E-state index in [9.17, 15) is 19.4 Å². The summed E-state index contributed by atoms with van der Waals surface area (Å²) in [7, 11) is 0. The van der Waals surface area contributed by atoms with E-state index in [0.717, 1.165) is 4.90 Å². The smallest absolute Gasteiger partial charge is 0.234 e. The number of amides is 1. The molecule has 0 unspecified atom stereocenters. The molecule has 2 atom stereocenters. The van der Waals surface area contributed by atoms with Crippen molar-refractivity contribution in [2.75, 3.05) is 35.7 Å². The summed E-state index contributed by atoms with van der Waals surface area (Å²) >= 11 is 7.17. The Hall–Kier alpha value is -2.00. The summed E-state index contributed by atoms with van der Waals surface area (Å²) in [5, 5.41) is 24.6. The van der Waals surface area contributed by atoms with Crippen LogP contribution >= 0.6 is 23.4 Å². The Morgan fingerprint density at radius 2 is 2.21 bits per heavy atom. The summed E-state index contributed by atoms with van der Waals surface area (Å²) < 4.78 is 20.0. The number of halogens is 2. The number of rotatable bonds is 4. The highest BCUT2D eigenvalue weighted by Gasteiger charge is 2.42. The second-order valence-electron chi connectivity index (χ2n) is 7.17. The number of carbonyl (C=O) groups is 1. The van der Waals surface area contributed by atoms with Crippen LogP contribution in [0.15, 0.2) is 41.3 Å². The number of thioether (sulfide) groups is 1. The van der Waals surface area contributed by atoms with E-state index in [-0.39, 0.29) is 25.5 Å². The summed E-state index contributed by atoms with van der Waals surface area (Å²) in [6.45, 7) is 0.305. The van der Waals surface area contributed by atoms with E-state index in [0.29, 0.717) is 34.4 Å². The molecule has 0 spiro atoms. The van der Waals surface area contributed by atoms with Gasteiger partial charge in [0, 0.05) is 18.1 Å². The van der Waals surface area contributed by atoms with Gasteiger partial charge in [0.25, 0.3) is 0 Å². The third-order valence-corrected chi connectivity index (χ3v) is 6.51. The zero-order chi connectivity index (χ0) is 20.6. The standard InChI is InChI=1S/C20H20ClFN2O4S/c21-12-4-5-15(13(22)8-12)24-7-6-20(27,17(25)9-24)11-28-16-3-1-2-14-19(16)29-10-18(26)23-14/h1-5,8,17,25,27H,6-7,9-11H2,(H,23,26)/t17-,20-/m1/s1. The van der Waals surface area contributed by atoms with Gasteiger partial charge >= 0.3 is 0 Å². The topological polar surface area (TPSA) is 82.0 Å². The summed E-state index contributed by atoms with van der Waals surface area (Å²) in [5.74, 6) is 0.290. The van der Waals surface area contributed by atoms with Crippen molar-refractivity contribution < 1.29 is 24.1 Å². The van der Waals surface area contributed by atoms with Crippen LogP contribution in [0.4, 0.5) is 15.8 Å². The van der Waals surface area contributed by atoms with Gasteiger partial charge in [0.05, 0.1) is 22.0 Å². The van der Waals surface area contributed by atoms with Crippen LogP contribution in [0.1, 0.15) is 6.42 Å². The van der Waals surface area contributed by atoms with E-state index in [1.165, 1.54) is 17.8 Å². The molecular formula is C20H20ClFN2O4S. The monoisotopic (exact) mass is 438 g/mol. The van der Waals surface area contributed by atoms with Crippen molar-refractivity contribution in [1.82, 2.24) is 0 Å². The fraction of sp³-hybridized carbons (Fsp3) is 0.350. The maximum absolute atomic E-state index is 14.2. The lowest BCUT2D eigenvalue weighted by Crippen LogP contribution is -2.58. The minimum Gasteiger partial charge on any atom is -0.489 e. The molecule has 9 heteroatoms. The Balaban J connectivity index is 1.44. The third kappa shape index (κ3) is 4.16. The van der Waals surface area contributed by atoms with Crippen LogP contribution in [0.2, 0.25) is 5.02 Å². The fourth-order valence-electron chi connectivity index (χ4n) is 3.49. The average molecular weight is 439 g/mol. The van der Waals surface area contributed by atoms with Crippen molar-refractivity contribution in [1.29, 1.82) is 0 Å². The number of nitrogens with zero attached hydrogens (tertiary/aromatic N) is 1. The molecule has 1 saturated heterocycles. The molecule has 1 fully saturated rings. The van der Waals surface area contributed by atoms with Gasteiger partial charge in [-0.3, -0.25) is 4.79 Å². The zero-order valence-electron chi connectivity index (χ0n) is 15.4. The number of hydrogen-bond donors (Lipinski definition) is 3. The van der Waals surface area contributed by atoms with E-state index in [1.54, 1.807) is 35.2 Å². The van der Waals surface area contributed by atoms with Crippen molar-refractivity contribution in [3.63, 3.8) is 0 Å². The Kier molecular flexibility index (Phi) is 5.61. The van der Waals surface area contributed by atoms with Gasteiger partial charge in [-0.1, -0.05) is 17.7 Å². The summed E-state index contributed by atoms with van der Waals surface area (Å²) in [6.07, 6.45) is -0.923. The maximum atomic E-state index is 14.2. The van der Waals surface area contributed by atoms with Gasteiger partial charge in [-0.25, -0.2) is 4.39 Å². The average Bonchev–Trinajstić information content (AvgIpc) is 2.68. The zero-order valence-corrected chi connectivity index (χ0v) is 17.0. The second-order valence-corrected chi connectivity index (χ2v) is 8.59. The lowest BCUT2D eigenvalue weighted by molar-refractivity contribution is -0.114. The molecule has 2 heterocycles. The van der Waals surface area contributed by atoms with Crippen LogP contribution in [0, 0.1) is 5.82 Å². The van der Waals surface area contributed by atoms with Crippen LogP contribution in [0.5, 0.6) is 5.75 Å². The first kappa shape index (κ1) is 20.3. The Morgan fingerprint density at radius 3 is 2.97 bits per heavy atom. The molecule has 2 aliphatic heterocycles. The highest BCUT2D eigenvalue weighted by molar-refractivity contribution is 8.00. The second kappa shape index (κ2) is 8.02. The predicted octanol–water partition coefficient (Wildman–Crippen LogP) is 2.90. The summed E-state index contributed by atoms with van der Waals surface area (Å²) in [5.41, 5.74) is -0.463. The molecule has 0 aromatic heterocycles. The van der Waals surface area contributed by atoms with E-state index in [1.807, 2.05) is 0 Å². The molecule has 3 N–H and O–H groups in total. The number of aliphatic hydroxyl groups is 2. The number of hydrogen-bond acceptors (Lipinski definition) is 6. The highest BCUT2D eigenvalue weighted by Crippen LogP contribution is 2.39. The quantitative estimate of drug-likeness (QED) is 0.681. The van der Waals surface area contributed by atoms with Gasteiger partial charge in [0.15, 0.2) is 0 Å². The number of ether oxygens (including phenoxy) is 1. The first-order valence-electron chi connectivity index (χ1n) is 9.15. The molecule has 0 aliphatic carbocycles. The number of piperidine rings is 1. The van der Waals surface area contributed by atoms with Crippen LogP contribution < -0.4 is 15.0 Å². The number of aliphatic hydroxyl groups excluding tert-OH is 1. The van der Waals surface area contributed by atoms with Crippen molar-refractivity contribution >= 4 is 40.6 Å². The molecule has 6 nitrogen and oxygen atoms in total. The molecule has 29 heavy (non-hydrogen) atoms. The molecule has 2 aromatic rings. The Labute approximate surface area is 176 Å². The number of fused-ring (bicyclic) bond motifs is 1. The minimum absolute atomic E-state index is 0.0656. The molecular weight excluding hydrogens is 419 g/mol. The van der Waals surface area contributed by atoms with Crippen molar-refractivity contribution in [3.8, 4) is 5.75 Å². The van der Waals surface area contributed by atoms with Gasteiger partial charge in [-0.05, 0) is 36.8 Å². The summed E-state index contributed by atoms with van der Waals surface area (Å²) in [4.78, 5) is 14.0. The van der Waals surface area contributed by atoms with Crippen molar-refractivity contribution in [3.05, 3.63) is 47.2 Å². The number of anilines is 2. The highest BCUT2D eigenvalue weighted by atomic mass is 35.5. The number of carbonyl (C=O) groups excluding carboxylic acids is 1. The first-order chi connectivity index (χ1) is 13.9. The van der Waals surface area contributed by atoms with E-state index < -0.39 is 17.5 Å². The van der Waals surface area contributed by atoms with Crippen LogP contribution in [-0.2, 0) is 4.79 Å². The van der Waals surface area contributed by atoms with Gasteiger partial charge in [-0.15, -0.1) is 11.8 Å². The fourth-order valence-corrected chi connectivity index (χ4v) is 4.54. The molecule has 0 saturated carbocycles. The van der Waals surface area contributed by atoms with E-state index in [2.05, 4.69) is 5.32 Å². The number of β-amino-alcohol motifs (C(OH)–C–C–N with tert-alkyl or cyclic N) is 1. The van der Waals surface area contributed by atoms with Gasteiger partial charge in [-0.2, -0.15) is 0 Å². The molecule has 2 aliphatic rings. The molecule has 1 amide bonds. The van der Waals surface area contributed by atoms with Crippen LogP contribution in [-0.4, -0.2) is 53.3 Å². The minimum atomic E-state index is -1.47.